The van der Waals surface area contributed by atoms with E-state index in [4.69, 9.17) is 0 Å². The van der Waals surface area contributed by atoms with Gasteiger partial charge in [-0.05, 0) is 31.4 Å². The van der Waals surface area contributed by atoms with Crippen molar-refractivity contribution in [1.29, 1.82) is 0 Å². The van der Waals surface area contributed by atoms with Crippen LogP contribution < -0.4 is 10.6 Å². The van der Waals surface area contributed by atoms with E-state index in [2.05, 4.69) is 10.6 Å². The first-order valence-corrected chi connectivity index (χ1v) is 8.85. The predicted molar refractivity (Wildman–Crippen MR) is 86.9 cm³/mol. The molecular formula is C18H21F2N3O2. The molecule has 4 rings (SSSR count). The molecule has 1 aromatic carbocycles. The minimum atomic E-state index is -0.577. The third kappa shape index (κ3) is 3.07. The van der Waals surface area contributed by atoms with Gasteiger partial charge in [-0.2, -0.15) is 0 Å². The highest BCUT2D eigenvalue weighted by Gasteiger charge is 2.45. The summed E-state index contributed by atoms with van der Waals surface area (Å²) in [4.78, 5) is 26.1. The number of piperazine rings is 1. The molecule has 1 saturated heterocycles. The van der Waals surface area contributed by atoms with Crippen molar-refractivity contribution in [2.75, 3.05) is 6.54 Å². The van der Waals surface area contributed by atoms with Crippen molar-refractivity contribution in [2.45, 2.75) is 56.1 Å². The molecule has 1 heterocycles. The summed E-state index contributed by atoms with van der Waals surface area (Å²) in [5.41, 5.74) is 0.0414. The molecule has 3 aliphatic rings. The van der Waals surface area contributed by atoms with E-state index >= 15 is 0 Å². The summed E-state index contributed by atoms with van der Waals surface area (Å²) in [5, 5.41) is 5.82. The van der Waals surface area contributed by atoms with Crippen molar-refractivity contribution in [1.82, 2.24) is 15.5 Å². The van der Waals surface area contributed by atoms with Gasteiger partial charge in [-0.15, -0.1) is 0 Å². The predicted octanol–water partition coefficient (Wildman–Crippen LogP) is 2.27. The Morgan fingerprint density at radius 1 is 1.20 bits per heavy atom. The Labute approximate surface area is 144 Å². The molecule has 25 heavy (non-hydrogen) atoms. The molecule has 0 spiro atoms. The molecule has 1 aliphatic heterocycles. The number of urea groups is 1. The second-order valence-corrected chi connectivity index (χ2v) is 7.19. The van der Waals surface area contributed by atoms with Gasteiger partial charge in [-0.25, -0.2) is 13.6 Å². The van der Waals surface area contributed by atoms with Crippen molar-refractivity contribution in [3.05, 3.63) is 35.4 Å². The van der Waals surface area contributed by atoms with E-state index in [9.17, 15) is 18.4 Å². The maximum Gasteiger partial charge on any atom is 0.318 e. The molecule has 7 heteroatoms. The molecule has 3 amide bonds. The van der Waals surface area contributed by atoms with Crippen molar-refractivity contribution in [3.8, 4) is 0 Å². The number of hydrogen-bond acceptors (Lipinski definition) is 2. The number of nitrogens with one attached hydrogen (secondary N) is 2. The number of carbonyl (C=O) groups excluding carboxylic acids is 2. The van der Waals surface area contributed by atoms with Crippen molar-refractivity contribution in [2.24, 2.45) is 0 Å². The summed E-state index contributed by atoms with van der Waals surface area (Å²) in [6.45, 7) is 0.0401. The first-order chi connectivity index (χ1) is 12.0. The molecule has 2 saturated carbocycles. The quantitative estimate of drug-likeness (QED) is 0.860. The van der Waals surface area contributed by atoms with Crippen molar-refractivity contribution in [3.63, 3.8) is 0 Å². The first kappa shape index (κ1) is 16.3. The number of amides is 3. The standard InChI is InChI=1S/C18H21F2N3O2/c19-11-4-3-5-12(20)17(11)10-8-14(10)22-18(25)23-9-16(24)21-13-6-1-2-7-15(13)23/h3-5,10,13-15H,1-2,6-9H2,(H,21,24)(H,22,25). The third-order valence-electron chi connectivity index (χ3n) is 5.52. The van der Waals surface area contributed by atoms with Gasteiger partial charge in [0.2, 0.25) is 5.91 Å². The van der Waals surface area contributed by atoms with Gasteiger partial charge in [-0.3, -0.25) is 4.79 Å². The number of fused-ring (bicyclic) bond motifs is 1. The summed E-state index contributed by atoms with van der Waals surface area (Å²) in [5.74, 6) is -1.64. The normalized spacial score (nSPS) is 31.1. The molecule has 3 fully saturated rings. The van der Waals surface area contributed by atoms with Crippen LogP contribution in [0.3, 0.4) is 0 Å². The molecule has 1 aromatic rings. The summed E-state index contributed by atoms with van der Waals surface area (Å²) in [6.07, 6.45) is 4.35. The lowest BCUT2D eigenvalue weighted by Crippen LogP contribution is -2.64. The fourth-order valence-corrected chi connectivity index (χ4v) is 4.18. The summed E-state index contributed by atoms with van der Waals surface area (Å²) < 4.78 is 27.7. The smallest absolute Gasteiger partial charge is 0.318 e. The minimum absolute atomic E-state index is 0.00819. The highest BCUT2D eigenvalue weighted by Crippen LogP contribution is 2.43. The topological polar surface area (TPSA) is 61.4 Å². The molecule has 0 bridgehead atoms. The van der Waals surface area contributed by atoms with Crippen LogP contribution in [0.4, 0.5) is 13.6 Å². The Morgan fingerprint density at radius 3 is 2.68 bits per heavy atom. The SMILES string of the molecule is O=C1CN(C(=O)NC2CC2c2c(F)cccc2F)C2CCCCC2N1. The molecule has 4 unspecified atom stereocenters. The van der Waals surface area contributed by atoms with Crippen LogP contribution in [0.5, 0.6) is 0 Å². The minimum Gasteiger partial charge on any atom is -0.350 e. The number of benzene rings is 1. The van der Waals surface area contributed by atoms with Crippen molar-refractivity contribution >= 4 is 11.9 Å². The number of carbonyl (C=O) groups is 2. The number of rotatable bonds is 2. The van der Waals surface area contributed by atoms with Gasteiger partial charge in [0.15, 0.2) is 0 Å². The van der Waals surface area contributed by atoms with E-state index in [1.165, 1.54) is 18.2 Å². The number of nitrogens with zero attached hydrogens (tertiary/aromatic N) is 1. The van der Waals surface area contributed by atoms with Crippen molar-refractivity contribution < 1.29 is 18.4 Å². The van der Waals surface area contributed by atoms with Crippen LogP contribution in [0.15, 0.2) is 18.2 Å². The lowest BCUT2D eigenvalue weighted by atomic mass is 9.87. The zero-order chi connectivity index (χ0) is 17.6. The Kier molecular flexibility index (Phi) is 4.09. The second kappa shape index (κ2) is 6.28. The molecule has 2 aliphatic carbocycles. The number of hydrogen-bond donors (Lipinski definition) is 2. The first-order valence-electron chi connectivity index (χ1n) is 8.85. The van der Waals surface area contributed by atoms with Crippen LogP contribution >= 0.6 is 0 Å². The van der Waals surface area contributed by atoms with E-state index in [1.807, 2.05) is 0 Å². The monoisotopic (exact) mass is 349 g/mol. The second-order valence-electron chi connectivity index (χ2n) is 7.19. The van der Waals surface area contributed by atoms with Crippen LogP contribution in [0.25, 0.3) is 0 Å². The highest BCUT2D eigenvalue weighted by molar-refractivity contribution is 5.86. The Hall–Kier alpha value is -2.18. The zero-order valence-electron chi connectivity index (χ0n) is 13.8. The molecule has 0 radical (unpaired) electrons. The lowest BCUT2D eigenvalue weighted by molar-refractivity contribution is -0.126. The van der Waals surface area contributed by atoms with E-state index < -0.39 is 11.6 Å². The van der Waals surface area contributed by atoms with Crippen LogP contribution in [0.1, 0.15) is 43.6 Å². The maximum absolute atomic E-state index is 13.9. The van der Waals surface area contributed by atoms with Gasteiger partial charge >= 0.3 is 6.03 Å². The number of halogens is 2. The Balaban J connectivity index is 1.43. The fraction of sp³-hybridized carbons (Fsp3) is 0.556. The molecule has 2 N–H and O–H groups in total. The van der Waals surface area contributed by atoms with Gasteiger partial charge in [-0.1, -0.05) is 18.9 Å². The molecule has 0 aromatic heterocycles. The summed E-state index contributed by atoms with van der Waals surface area (Å²) in [7, 11) is 0. The van der Waals surface area contributed by atoms with Gasteiger partial charge in [0, 0.05) is 23.6 Å². The van der Waals surface area contributed by atoms with E-state index in [1.54, 1.807) is 4.90 Å². The van der Waals surface area contributed by atoms with Gasteiger partial charge in [0.1, 0.15) is 18.2 Å². The Morgan fingerprint density at radius 2 is 1.92 bits per heavy atom. The Bertz CT molecular complexity index is 691. The van der Waals surface area contributed by atoms with Crippen LogP contribution in [0.2, 0.25) is 0 Å². The van der Waals surface area contributed by atoms with Gasteiger partial charge in [0.25, 0.3) is 0 Å². The molecule has 4 atom stereocenters. The maximum atomic E-state index is 13.9. The summed E-state index contributed by atoms with van der Waals surface area (Å²) in [6, 6.07) is 3.23. The highest BCUT2D eigenvalue weighted by atomic mass is 19.1. The van der Waals surface area contributed by atoms with E-state index in [-0.39, 0.29) is 48.1 Å². The van der Waals surface area contributed by atoms with Crippen LogP contribution in [-0.2, 0) is 4.79 Å². The van der Waals surface area contributed by atoms with Gasteiger partial charge < -0.3 is 15.5 Å². The zero-order valence-corrected chi connectivity index (χ0v) is 13.8. The molecular weight excluding hydrogens is 328 g/mol. The lowest BCUT2D eigenvalue weighted by Gasteiger charge is -2.43. The molecule has 134 valence electrons. The fourth-order valence-electron chi connectivity index (χ4n) is 4.18. The van der Waals surface area contributed by atoms with E-state index in [0.717, 1.165) is 25.7 Å². The largest absolute Gasteiger partial charge is 0.350 e. The average molecular weight is 349 g/mol. The van der Waals surface area contributed by atoms with Crippen LogP contribution in [0, 0.1) is 11.6 Å². The summed E-state index contributed by atoms with van der Waals surface area (Å²) >= 11 is 0. The average Bonchev–Trinajstić information content (AvgIpc) is 3.32. The van der Waals surface area contributed by atoms with E-state index in [0.29, 0.717) is 6.42 Å². The van der Waals surface area contributed by atoms with Gasteiger partial charge in [0.05, 0.1) is 6.04 Å². The third-order valence-corrected chi connectivity index (χ3v) is 5.52. The van der Waals surface area contributed by atoms with Crippen LogP contribution in [-0.4, -0.2) is 41.5 Å². The molecule has 5 nitrogen and oxygen atoms in total.